The maximum atomic E-state index is 5.92. The summed E-state index contributed by atoms with van der Waals surface area (Å²) in [6.07, 6.45) is 9.40. The number of para-hydroxylation sites is 1. The molecule has 148 valence electrons. The molecule has 0 bridgehead atoms. The second-order valence-electron chi connectivity index (χ2n) is 6.89. The van der Waals surface area contributed by atoms with Gasteiger partial charge in [-0.1, -0.05) is 29.5 Å². The van der Waals surface area contributed by atoms with E-state index >= 15 is 0 Å². The van der Waals surface area contributed by atoms with Crippen LogP contribution in [0.4, 0.5) is 0 Å². The van der Waals surface area contributed by atoms with E-state index in [9.17, 15) is 0 Å². The molecule has 0 aliphatic carbocycles. The third-order valence-electron chi connectivity index (χ3n) is 4.71. The molecule has 29 heavy (non-hydrogen) atoms. The highest BCUT2D eigenvalue weighted by molar-refractivity contribution is 7.20. The normalized spacial score (nSPS) is 11.2. The monoisotopic (exact) mass is 404 g/mol. The highest BCUT2D eigenvalue weighted by Crippen LogP contribution is 2.27. The van der Waals surface area contributed by atoms with Crippen LogP contribution in [-0.4, -0.2) is 39.5 Å². The minimum absolute atomic E-state index is 0.666. The van der Waals surface area contributed by atoms with Crippen LogP contribution in [0, 0.1) is 0 Å². The fourth-order valence-corrected chi connectivity index (χ4v) is 4.05. The molecule has 4 aromatic rings. The van der Waals surface area contributed by atoms with Crippen molar-refractivity contribution in [3.63, 3.8) is 0 Å². The Kier molecular flexibility index (Phi) is 6.78. The molecular formula is C23H24N4OS. The zero-order valence-electron chi connectivity index (χ0n) is 16.3. The SMILES string of the molecule is c1cncc(CCN(CCCOc2nc3ccccc3s2)Cc2ccncc2)c1. The Morgan fingerprint density at radius 2 is 1.76 bits per heavy atom. The Morgan fingerprint density at radius 1 is 0.862 bits per heavy atom. The molecule has 0 atom stereocenters. The van der Waals surface area contributed by atoms with Gasteiger partial charge >= 0.3 is 0 Å². The number of pyridine rings is 2. The smallest absolute Gasteiger partial charge is 0.274 e. The molecule has 1 aromatic carbocycles. The third kappa shape index (κ3) is 5.82. The Morgan fingerprint density at radius 3 is 2.59 bits per heavy atom. The molecule has 3 heterocycles. The molecule has 0 saturated carbocycles. The highest BCUT2D eigenvalue weighted by Gasteiger charge is 2.08. The minimum atomic E-state index is 0.666. The minimum Gasteiger partial charge on any atom is -0.470 e. The largest absolute Gasteiger partial charge is 0.470 e. The second-order valence-corrected chi connectivity index (χ2v) is 7.89. The van der Waals surface area contributed by atoms with Gasteiger partial charge in [-0.25, -0.2) is 4.98 Å². The summed E-state index contributed by atoms with van der Waals surface area (Å²) in [5.41, 5.74) is 3.54. The van der Waals surface area contributed by atoms with Gasteiger partial charge in [-0.05, 0) is 54.3 Å². The summed E-state index contributed by atoms with van der Waals surface area (Å²) < 4.78 is 7.08. The van der Waals surface area contributed by atoms with E-state index in [0.717, 1.165) is 43.2 Å². The zero-order valence-corrected chi connectivity index (χ0v) is 17.1. The molecule has 0 fully saturated rings. The number of hydrogen-bond acceptors (Lipinski definition) is 6. The highest BCUT2D eigenvalue weighted by atomic mass is 32.1. The summed E-state index contributed by atoms with van der Waals surface area (Å²) in [7, 11) is 0. The summed E-state index contributed by atoms with van der Waals surface area (Å²) in [6, 6.07) is 16.4. The summed E-state index contributed by atoms with van der Waals surface area (Å²) in [4.78, 5) is 15.3. The van der Waals surface area contributed by atoms with Gasteiger partial charge in [0.25, 0.3) is 5.19 Å². The van der Waals surface area contributed by atoms with Gasteiger partial charge in [-0.15, -0.1) is 0 Å². The molecule has 0 saturated heterocycles. The van der Waals surface area contributed by atoms with Crippen LogP contribution in [0.5, 0.6) is 5.19 Å². The van der Waals surface area contributed by atoms with Crippen molar-refractivity contribution in [2.45, 2.75) is 19.4 Å². The lowest BCUT2D eigenvalue weighted by atomic mass is 10.2. The van der Waals surface area contributed by atoms with Crippen LogP contribution in [0.1, 0.15) is 17.5 Å². The van der Waals surface area contributed by atoms with Gasteiger partial charge in [0, 0.05) is 44.4 Å². The zero-order chi connectivity index (χ0) is 19.7. The third-order valence-corrected chi connectivity index (χ3v) is 5.66. The van der Waals surface area contributed by atoms with Crippen molar-refractivity contribution in [3.8, 4) is 5.19 Å². The van der Waals surface area contributed by atoms with Crippen molar-refractivity contribution in [1.29, 1.82) is 0 Å². The van der Waals surface area contributed by atoms with Crippen LogP contribution in [0.15, 0.2) is 73.3 Å². The lowest BCUT2D eigenvalue weighted by Gasteiger charge is -2.22. The molecule has 0 radical (unpaired) electrons. The van der Waals surface area contributed by atoms with E-state index < -0.39 is 0 Å². The van der Waals surface area contributed by atoms with Crippen molar-refractivity contribution in [2.24, 2.45) is 0 Å². The predicted octanol–water partition coefficient (Wildman–Crippen LogP) is 4.60. The van der Waals surface area contributed by atoms with Crippen molar-refractivity contribution in [3.05, 3.63) is 84.4 Å². The summed E-state index contributed by atoms with van der Waals surface area (Å²) in [5.74, 6) is 0. The quantitative estimate of drug-likeness (QED) is 0.362. The van der Waals surface area contributed by atoms with Gasteiger partial charge < -0.3 is 4.74 Å². The first-order valence-corrected chi connectivity index (χ1v) is 10.7. The van der Waals surface area contributed by atoms with Gasteiger partial charge in [0.05, 0.1) is 16.8 Å². The first-order chi connectivity index (χ1) is 14.4. The fraction of sp³-hybridized carbons (Fsp3) is 0.261. The number of benzene rings is 1. The molecule has 4 rings (SSSR count). The first kappa shape index (κ1) is 19.5. The number of rotatable bonds is 10. The van der Waals surface area contributed by atoms with E-state index in [2.05, 4.69) is 44.1 Å². The Hall–Kier alpha value is -2.83. The Balaban J connectivity index is 1.30. The van der Waals surface area contributed by atoms with Crippen molar-refractivity contribution < 1.29 is 4.74 Å². The maximum Gasteiger partial charge on any atom is 0.274 e. The fourth-order valence-electron chi connectivity index (χ4n) is 3.21. The molecule has 0 spiro atoms. The van der Waals surface area contributed by atoms with E-state index in [1.165, 1.54) is 15.8 Å². The summed E-state index contributed by atoms with van der Waals surface area (Å²) in [6.45, 7) is 3.52. The van der Waals surface area contributed by atoms with Crippen LogP contribution in [0.25, 0.3) is 10.2 Å². The molecule has 0 aliphatic rings. The van der Waals surface area contributed by atoms with E-state index in [0.29, 0.717) is 6.61 Å². The topological polar surface area (TPSA) is 51.1 Å². The van der Waals surface area contributed by atoms with E-state index in [1.54, 1.807) is 11.3 Å². The number of fused-ring (bicyclic) bond motifs is 1. The molecule has 3 aromatic heterocycles. The van der Waals surface area contributed by atoms with E-state index in [-0.39, 0.29) is 0 Å². The van der Waals surface area contributed by atoms with Crippen LogP contribution in [0.2, 0.25) is 0 Å². The molecule has 0 N–H and O–H groups in total. The van der Waals surface area contributed by atoms with Crippen molar-refractivity contribution in [2.75, 3.05) is 19.7 Å². The lowest BCUT2D eigenvalue weighted by Crippen LogP contribution is -2.28. The number of ether oxygens (including phenoxy) is 1. The Bertz CT molecular complexity index is 974. The standard InChI is InChI=1S/C23H24N4OS/c1-2-7-22-21(6-1)26-23(29-22)28-16-4-14-27(18-20-8-12-24-13-9-20)15-10-19-5-3-11-25-17-19/h1-3,5-9,11-13,17H,4,10,14-16,18H2. The summed E-state index contributed by atoms with van der Waals surface area (Å²) in [5, 5.41) is 0.752. The van der Waals surface area contributed by atoms with Gasteiger partial charge in [-0.3, -0.25) is 14.9 Å². The first-order valence-electron chi connectivity index (χ1n) is 9.85. The van der Waals surface area contributed by atoms with E-state index in [1.807, 2.05) is 49.1 Å². The summed E-state index contributed by atoms with van der Waals surface area (Å²) >= 11 is 1.61. The molecule has 5 nitrogen and oxygen atoms in total. The van der Waals surface area contributed by atoms with Gasteiger partial charge in [0.15, 0.2) is 0 Å². The van der Waals surface area contributed by atoms with Crippen molar-refractivity contribution >= 4 is 21.6 Å². The van der Waals surface area contributed by atoms with Crippen molar-refractivity contribution in [1.82, 2.24) is 19.9 Å². The van der Waals surface area contributed by atoms with Gasteiger partial charge in [0.1, 0.15) is 0 Å². The average molecular weight is 405 g/mol. The van der Waals surface area contributed by atoms with Crippen LogP contribution >= 0.6 is 11.3 Å². The van der Waals surface area contributed by atoms with Gasteiger partial charge in [-0.2, -0.15) is 0 Å². The number of aromatic nitrogens is 3. The average Bonchev–Trinajstić information content (AvgIpc) is 3.19. The molecule has 0 aliphatic heterocycles. The Labute approximate surface area is 175 Å². The maximum absolute atomic E-state index is 5.92. The number of thiazole rings is 1. The molecule has 0 amide bonds. The second kappa shape index (κ2) is 10.1. The predicted molar refractivity (Wildman–Crippen MR) is 117 cm³/mol. The molecule has 6 heteroatoms. The van der Waals surface area contributed by atoms with Crippen LogP contribution < -0.4 is 4.74 Å². The lowest BCUT2D eigenvalue weighted by molar-refractivity contribution is 0.229. The number of nitrogens with zero attached hydrogens (tertiary/aromatic N) is 4. The van der Waals surface area contributed by atoms with E-state index in [4.69, 9.17) is 4.74 Å². The van der Waals surface area contributed by atoms with Gasteiger partial charge in [0.2, 0.25) is 0 Å². The van der Waals surface area contributed by atoms with Crippen LogP contribution in [0.3, 0.4) is 0 Å². The number of hydrogen-bond donors (Lipinski definition) is 0. The molecule has 0 unspecified atom stereocenters. The van der Waals surface area contributed by atoms with Crippen LogP contribution in [-0.2, 0) is 13.0 Å². The molecular weight excluding hydrogens is 380 g/mol.